The summed E-state index contributed by atoms with van der Waals surface area (Å²) >= 11 is 0. The van der Waals surface area contributed by atoms with Gasteiger partial charge in [0.05, 0.1) is 11.9 Å². The van der Waals surface area contributed by atoms with Gasteiger partial charge < -0.3 is 10.3 Å². The third-order valence-corrected chi connectivity index (χ3v) is 2.71. The molecule has 0 spiro atoms. The van der Waals surface area contributed by atoms with E-state index < -0.39 is 0 Å². The van der Waals surface area contributed by atoms with Gasteiger partial charge in [0, 0.05) is 17.8 Å². The van der Waals surface area contributed by atoms with Gasteiger partial charge >= 0.3 is 0 Å². The molecule has 0 saturated heterocycles. The van der Waals surface area contributed by atoms with E-state index >= 15 is 0 Å². The Kier molecular flexibility index (Phi) is 5.03. The van der Waals surface area contributed by atoms with Crippen LogP contribution in [0.5, 0.6) is 0 Å². The minimum Gasteiger partial charge on any atom is -0.365 e. The maximum absolute atomic E-state index is 5.74. The van der Waals surface area contributed by atoms with Gasteiger partial charge in [0.25, 0.3) is 0 Å². The number of nitrogens with zero attached hydrogens (tertiary/aromatic N) is 2. The van der Waals surface area contributed by atoms with Crippen molar-refractivity contribution in [1.29, 1.82) is 0 Å². The normalized spacial score (nSPS) is 11.3. The lowest BCUT2D eigenvalue weighted by molar-refractivity contribution is 0.420. The Balaban J connectivity index is 0.000000247. The Hall–Kier alpha value is -2.46. The Bertz CT molecular complexity index is 572. The lowest BCUT2D eigenvalue weighted by atomic mass is 10.1. The topological polar surface area (TPSA) is 64.9 Å². The van der Waals surface area contributed by atoms with Gasteiger partial charge in [0.15, 0.2) is 0 Å². The van der Waals surface area contributed by atoms with E-state index in [0.29, 0.717) is 0 Å². The van der Waals surface area contributed by atoms with E-state index in [0.717, 1.165) is 11.3 Å². The summed E-state index contributed by atoms with van der Waals surface area (Å²) in [6.07, 6.45) is 4.97. The van der Waals surface area contributed by atoms with Crippen LogP contribution < -0.4 is 5.73 Å². The third kappa shape index (κ3) is 4.03. The number of hydrogen-bond donors (Lipinski definition) is 1. The van der Waals surface area contributed by atoms with Crippen LogP contribution in [-0.2, 0) is 0 Å². The van der Waals surface area contributed by atoms with Gasteiger partial charge in [0.2, 0.25) is 0 Å². The standard InChI is InChI=1S/C13H14N2.C3H3NO/c1-10(14)13-8-7-12(9-15-13)11-5-3-2-4-6-11;1-2-4-5-3-1/h2-10H,14H2,1H3;1-3H. The van der Waals surface area contributed by atoms with Crippen molar-refractivity contribution in [3.8, 4) is 11.1 Å². The summed E-state index contributed by atoms with van der Waals surface area (Å²) in [7, 11) is 0. The van der Waals surface area contributed by atoms with Crippen LogP contribution in [0.3, 0.4) is 0 Å². The first-order valence-corrected chi connectivity index (χ1v) is 6.38. The molecule has 2 aromatic heterocycles. The molecule has 0 amide bonds. The highest BCUT2D eigenvalue weighted by atomic mass is 16.5. The number of aromatic nitrogens is 2. The number of pyridine rings is 1. The Morgan fingerprint density at radius 3 is 2.25 bits per heavy atom. The highest BCUT2D eigenvalue weighted by Gasteiger charge is 2.01. The van der Waals surface area contributed by atoms with Crippen molar-refractivity contribution in [1.82, 2.24) is 10.1 Å². The van der Waals surface area contributed by atoms with Crippen molar-refractivity contribution in [3.05, 3.63) is 72.9 Å². The van der Waals surface area contributed by atoms with E-state index in [-0.39, 0.29) is 6.04 Å². The number of rotatable bonds is 2. The van der Waals surface area contributed by atoms with E-state index in [1.54, 1.807) is 12.3 Å². The first kappa shape index (κ1) is 14.0. The molecule has 20 heavy (non-hydrogen) atoms. The van der Waals surface area contributed by atoms with Crippen molar-refractivity contribution in [2.24, 2.45) is 5.73 Å². The number of hydrogen-bond acceptors (Lipinski definition) is 4. The van der Waals surface area contributed by atoms with Gasteiger partial charge in [-0.1, -0.05) is 41.6 Å². The highest BCUT2D eigenvalue weighted by molar-refractivity contribution is 5.62. The first-order valence-electron chi connectivity index (χ1n) is 6.38. The van der Waals surface area contributed by atoms with Crippen LogP contribution in [0.25, 0.3) is 11.1 Å². The van der Waals surface area contributed by atoms with Crippen LogP contribution in [0.15, 0.2) is 71.7 Å². The maximum atomic E-state index is 5.74. The fourth-order valence-corrected chi connectivity index (χ4v) is 1.65. The molecule has 0 bridgehead atoms. The predicted octanol–water partition coefficient (Wildman–Crippen LogP) is 3.44. The van der Waals surface area contributed by atoms with E-state index in [9.17, 15) is 0 Å². The van der Waals surface area contributed by atoms with Crippen molar-refractivity contribution < 1.29 is 4.52 Å². The number of benzene rings is 1. The average Bonchev–Trinajstić information content (AvgIpc) is 3.08. The molecule has 2 N–H and O–H groups in total. The van der Waals surface area contributed by atoms with E-state index in [1.165, 1.54) is 11.8 Å². The smallest absolute Gasteiger partial charge is 0.123 e. The quantitative estimate of drug-likeness (QED) is 0.772. The largest absolute Gasteiger partial charge is 0.365 e. The second-order valence-corrected chi connectivity index (χ2v) is 4.31. The molecule has 0 fully saturated rings. The maximum Gasteiger partial charge on any atom is 0.123 e. The summed E-state index contributed by atoms with van der Waals surface area (Å²) in [5.41, 5.74) is 8.97. The van der Waals surface area contributed by atoms with Crippen LogP contribution in [0.1, 0.15) is 18.7 Å². The molecule has 0 saturated carbocycles. The van der Waals surface area contributed by atoms with Crippen molar-refractivity contribution in [2.45, 2.75) is 13.0 Å². The van der Waals surface area contributed by atoms with Crippen LogP contribution in [-0.4, -0.2) is 10.1 Å². The minimum atomic E-state index is -0.00479. The van der Waals surface area contributed by atoms with Gasteiger partial charge in [-0.25, -0.2) is 0 Å². The second kappa shape index (κ2) is 7.21. The van der Waals surface area contributed by atoms with Gasteiger partial charge in [-0.15, -0.1) is 0 Å². The molecule has 4 heteroatoms. The fourth-order valence-electron chi connectivity index (χ4n) is 1.65. The zero-order valence-corrected chi connectivity index (χ0v) is 11.3. The SMILES string of the molecule is CC(N)c1ccc(-c2ccccc2)cn1.c1cnoc1. The van der Waals surface area contributed by atoms with Gasteiger partial charge in [-0.3, -0.25) is 4.98 Å². The lowest BCUT2D eigenvalue weighted by Gasteiger charge is -2.05. The van der Waals surface area contributed by atoms with E-state index in [2.05, 4.69) is 32.9 Å². The number of nitrogens with two attached hydrogens (primary N) is 1. The summed E-state index contributed by atoms with van der Waals surface area (Å²) in [4.78, 5) is 4.33. The molecule has 2 heterocycles. The van der Waals surface area contributed by atoms with Gasteiger partial charge in [0.1, 0.15) is 6.26 Å². The van der Waals surface area contributed by atoms with Crippen LogP contribution in [0.4, 0.5) is 0 Å². The summed E-state index contributed by atoms with van der Waals surface area (Å²) in [6, 6.07) is 15.9. The molecule has 102 valence electrons. The fraction of sp³-hybridized carbons (Fsp3) is 0.125. The van der Waals surface area contributed by atoms with Crippen LogP contribution in [0, 0.1) is 0 Å². The highest BCUT2D eigenvalue weighted by Crippen LogP contribution is 2.18. The molecule has 3 rings (SSSR count). The summed E-state index contributed by atoms with van der Waals surface area (Å²) < 4.78 is 4.33. The van der Waals surface area contributed by atoms with Crippen LogP contribution in [0.2, 0.25) is 0 Å². The molecule has 1 unspecified atom stereocenters. The zero-order valence-electron chi connectivity index (χ0n) is 11.3. The lowest BCUT2D eigenvalue weighted by Crippen LogP contribution is -2.06. The second-order valence-electron chi connectivity index (χ2n) is 4.31. The van der Waals surface area contributed by atoms with Crippen LogP contribution >= 0.6 is 0 Å². The molecule has 0 aliphatic heterocycles. The first-order chi connectivity index (χ1) is 9.77. The Morgan fingerprint density at radius 2 is 1.80 bits per heavy atom. The van der Waals surface area contributed by atoms with Gasteiger partial charge in [-0.05, 0) is 24.6 Å². The van der Waals surface area contributed by atoms with Crippen molar-refractivity contribution >= 4 is 0 Å². The van der Waals surface area contributed by atoms with Crippen molar-refractivity contribution in [2.75, 3.05) is 0 Å². The summed E-state index contributed by atoms with van der Waals surface area (Å²) in [6.45, 7) is 1.94. The average molecular weight is 267 g/mol. The summed E-state index contributed by atoms with van der Waals surface area (Å²) in [5, 5.41) is 3.35. The minimum absolute atomic E-state index is 0.00479. The molecule has 0 aliphatic rings. The van der Waals surface area contributed by atoms with Crippen molar-refractivity contribution in [3.63, 3.8) is 0 Å². The molecular formula is C16H17N3O. The molecule has 3 aromatic rings. The van der Waals surface area contributed by atoms with E-state index in [4.69, 9.17) is 5.73 Å². The molecule has 1 atom stereocenters. The summed E-state index contributed by atoms with van der Waals surface area (Å²) in [5.74, 6) is 0. The van der Waals surface area contributed by atoms with Gasteiger partial charge in [-0.2, -0.15) is 0 Å². The molecule has 1 aromatic carbocycles. The third-order valence-electron chi connectivity index (χ3n) is 2.71. The molecule has 4 nitrogen and oxygen atoms in total. The Morgan fingerprint density at radius 1 is 1.00 bits per heavy atom. The zero-order chi connectivity index (χ0) is 14.2. The molecular weight excluding hydrogens is 250 g/mol. The Labute approximate surface area is 118 Å². The monoisotopic (exact) mass is 267 g/mol. The van der Waals surface area contributed by atoms with E-state index in [1.807, 2.05) is 37.4 Å². The molecule has 0 aliphatic carbocycles. The predicted molar refractivity (Wildman–Crippen MR) is 78.8 cm³/mol. The molecule has 0 radical (unpaired) electrons.